The van der Waals surface area contributed by atoms with Crippen LogP contribution in [-0.4, -0.2) is 51.2 Å². The molecule has 0 saturated carbocycles. The van der Waals surface area contributed by atoms with Crippen molar-refractivity contribution in [3.8, 4) is 22.9 Å². The number of ether oxygens (including phenoxy) is 2. The lowest BCUT2D eigenvalue weighted by atomic mass is 10.1. The van der Waals surface area contributed by atoms with Crippen molar-refractivity contribution < 1.29 is 14.6 Å². The topological polar surface area (TPSA) is 59.8 Å². The normalized spacial score (nSPS) is 12.7. The number of aliphatic hydroxyl groups excluding tert-OH is 1. The van der Waals surface area contributed by atoms with Crippen LogP contribution in [0.4, 0.5) is 0 Å². The molecule has 33 heavy (non-hydrogen) atoms. The Hall–Kier alpha value is -2.67. The molecule has 0 spiro atoms. The van der Waals surface area contributed by atoms with Gasteiger partial charge >= 0.3 is 0 Å². The van der Waals surface area contributed by atoms with Crippen LogP contribution in [0.15, 0.2) is 54.6 Å². The number of aliphatic hydroxyl groups is 1. The van der Waals surface area contributed by atoms with Gasteiger partial charge in [0, 0.05) is 31.7 Å². The van der Waals surface area contributed by atoms with Gasteiger partial charge in [0.15, 0.2) is 0 Å². The Morgan fingerprint density at radius 2 is 1.67 bits per heavy atom. The molecule has 3 aromatic rings. The summed E-state index contributed by atoms with van der Waals surface area (Å²) in [6.45, 7) is 11.7. The van der Waals surface area contributed by atoms with E-state index in [0.29, 0.717) is 25.6 Å². The predicted molar refractivity (Wildman–Crippen MR) is 133 cm³/mol. The Morgan fingerprint density at radius 3 is 2.27 bits per heavy atom. The molecule has 3 rings (SSSR count). The molecule has 0 bridgehead atoms. The third-order valence-corrected chi connectivity index (χ3v) is 5.53. The number of aryl methyl sites for hydroxylation is 2. The second-order valence-electron chi connectivity index (χ2n) is 9.10. The fourth-order valence-electron chi connectivity index (χ4n) is 3.66. The van der Waals surface area contributed by atoms with Gasteiger partial charge in [-0.3, -0.25) is 4.90 Å². The second kappa shape index (κ2) is 11.5. The van der Waals surface area contributed by atoms with E-state index in [1.807, 2.05) is 63.4 Å². The lowest BCUT2D eigenvalue weighted by molar-refractivity contribution is -0.0137. The monoisotopic (exact) mass is 451 g/mol. The smallest absolute Gasteiger partial charge is 0.222 e. The van der Waals surface area contributed by atoms with Crippen LogP contribution in [0, 0.1) is 6.92 Å². The zero-order valence-electron chi connectivity index (χ0n) is 20.7. The van der Waals surface area contributed by atoms with Crippen molar-refractivity contribution in [3.63, 3.8) is 0 Å². The molecule has 0 saturated heterocycles. The summed E-state index contributed by atoms with van der Waals surface area (Å²) in [4.78, 5) is 2.24. The number of hydrogen-bond donors (Lipinski definition) is 1. The van der Waals surface area contributed by atoms with E-state index in [-0.39, 0.29) is 12.1 Å². The molecule has 6 heteroatoms. The zero-order chi connectivity index (χ0) is 24.0. The van der Waals surface area contributed by atoms with Gasteiger partial charge in [-0.25, -0.2) is 4.68 Å². The Kier molecular flexibility index (Phi) is 8.67. The lowest BCUT2D eigenvalue weighted by Gasteiger charge is -2.29. The first kappa shape index (κ1) is 25.0. The summed E-state index contributed by atoms with van der Waals surface area (Å²) in [5.74, 6) is 1.47. The van der Waals surface area contributed by atoms with E-state index in [4.69, 9.17) is 14.6 Å². The molecule has 0 amide bonds. The minimum absolute atomic E-state index is 0.0877. The van der Waals surface area contributed by atoms with Gasteiger partial charge < -0.3 is 14.6 Å². The zero-order valence-corrected chi connectivity index (χ0v) is 20.7. The largest absolute Gasteiger partial charge is 0.439 e. The average molecular weight is 452 g/mol. The summed E-state index contributed by atoms with van der Waals surface area (Å²) in [6, 6.07) is 18.4. The van der Waals surface area contributed by atoms with E-state index in [9.17, 15) is 5.11 Å². The first-order chi connectivity index (χ1) is 15.7. The summed E-state index contributed by atoms with van der Waals surface area (Å²) in [6.07, 6.45) is -0.488. The van der Waals surface area contributed by atoms with Gasteiger partial charge in [-0.2, -0.15) is 5.10 Å². The van der Waals surface area contributed by atoms with Gasteiger partial charge in [-0.05, 0) is 46.8 Å². The highest BCUT2D eigenvalue weighted by Crippen LogP contribution is 2.34. The van der Waals surface area contributed by atoms with Crippen LogP contribution >= 0.6 is 0 Å². The summed E-state index contributed by atoms with van der Waals surface area (Å²) in [5.41, 5.74) is 4.10. The van der Waals surface area contributed by atoms with Crippen LogP contribution in [0.25, 0.3) is 11.3 Å². The van der Waals surface area contributed by atoms with Gasteiger partial charge in [0.05, 0.1) is 24.4 Å². The molecule has 2 aromatic carbocycles. The first-order valence-electron chi connectivity index (χ1n) is 11.6. The Labute approximate surface area is 197 Å². The average Bonchev–Trinajstić information content (AvgIpc) is 3.09. The number of benzene rings is 2. The van der Waals surface area contributed by atoms with Crippen LogP contribution < -0.4 is 4.74 Å². The number of aromatic nitrogens is 2. The van der Waals surface area contributed by atoms with E-state index < -0.39 is 6.10 Å². The van der Waals surface area contributed by atoms with Crippen LogP contribution in [0.1, 0.15) is 38.8 Å². The number of nitrogens with zero attached hydrogens (tertiary/aromatic N) is 3. The molecule has 1 N–H and O–H groups in total. The molecule has 1 heterocycles. The fourth-order valence-corrected chi connectivity index (χ4v) is 3.66. The van der Waals surface area contributed by atoms with Crippen molar-refractivity contribution in [1.29, 1.82) is 0 Å². The molecular weight excluding hydrogens is 414 g/mol. The molecule has 0 fully saturated rings. The Morgan fingerprint density at radius 1 is 1.00 bits per heavy atom. The fraction of sp³-hybridized carbons (Fsp3) is 0.444. The van der Waals surface area contributed by atoms with Crippen LogP contribution in [0.5, 0.6) is 11.6 Å². The Balaban J connectivity index is 1.94. The van der Waals surface area contributed by atoms with Gasteiger partial charge in [0.1, 0.15) is 11.4 Å². The SMILES string of the molecule is Cc1ccc(Oc2c(CN(CC(O)COC(C)C)C(C)C)c(-c3ccccc3)nn2C)cc1. The summed E-state index contributed by atoms with van der Waals surface area (Å²) in [7, 11) is 1.91. The minimum Gasteiger partial charge on any atom is -0.439 e. The van der Waals surface area contributed by atoms with Crippen molar-refractivity contribution in [2.24, 2.45) is 7.05 Å². The van der Waals surface area contributed by atoms with Crippen LogP contribution in [-0.2, 0) is 18.3 Å². The van der Waals surface area contributed by atoms with Gasteiger partial charge in [-0.15, -0.1) is 0 Å². The molecule has 1 atom stereocenters. The van der Waals surface area contributed by atoms with E-state index in [0.717, 1.165) is 22.6 Å². The molecule has 178 valence electrons. The molecule has 1 unspecified atom stereocenters. The highest BCUT2D eigenvalue weighted by molar-refractivity contribution is 5.65. The maximum atomic E-state index is 10.6. The minimum atomic E-state index is -0.576. The molecule has 0 radical (unpaired) electrons. The maximum absolute atomic E-state index is 10.6. The molecular formula is C27H37N3O3. The van der Waals surface area contributed by atoms with Crippen molar-refractivity contribution in [2.75, 3.05) is 13.2 Å². The highest BCUT2D eigenvalue weighted by Gasteiger charge is 2.24. The molecule has 1 aromatic heterocycles. The first-order valence-corrected chi connectivity index (χ1v) is 11.6. The van der Waals surface area contributed by atoms with Gasteiger partial charge in [-0.1, -0.05) is 48.0 Å². The third kappa shape index (κ3) is 6.90. The summed E-state index contributed by atoms with van der Waals surface area (Å²) >= 11 is 0. The van der Waals surface area contributed by atoms with Gasteiger partial charge in [0.2, 0.25) is 5.88 Å². The van der Waals surface area contributed by atoms with E-state index in [1.165, 1.54) is 5.56 Å². The van der Waals surface area contributed by atoms with Crippen molar-refractivity contribution in [3.05, 3.63) is 65.7 Å². The maximum Gasteiger partial charge on any atom is 0.222 e. The molecule has 6 nitrogen and oxygen atoms in total. The van der Waals surface area contributed by atoms with Crippen LogP contribution in [0.2, 0.25) is 0 Å². The standard InChI is InChI=1S/C27H37N3O3/c1-19(2)30(16-23(31)18-32-20(3)4)17-25-26(22-10-8-7-9-11-22)28-29(6)27(25)33-24-14-12-21(5)13-15-24/h7-15,19-20,23,31H,16-18H2,1-6H3. The third-order valence-electron chi connectivity index (χ3n) is 5.53. The van der Waals surface area contributed by atoms with E-state index in [2.05, 4.69) is 37.8 Å². The second-order valence-corrected chi connectivity index (χ2v) is 9.10. The lowest BCUT2D eigenvalue weighted by Crippen LogP contribution is -2.39. The summed E-state index contributed by atoms with van der Waals surface area (Å²) < 4.78 is 13.8. The number of hydrogen-bond acceptors (Lipinski definition) is 5. The molecule has 0 aliphatic rings. The van der Waals surface area contributed by atoms with Crippen molar-refractivity contribution >= 4 is 0 Å². The predicted octanol–water partition coefficient (Wildman–Crippen LogP) is 5.18. The number of rotatable bonds is 11. The van der Waals surface area contributed by atoms with E-state index in [1.54, 1.807) is 4.68 Å². The van der Waals surface area contributed by atoms with Gasteiger partial charge in [0.25, 0.3) is 0 Å². The van der Waals surface area contributed by atoms with Crippen molar-refractivity contribution in [2.45, 2.75) is 59.4 Å². The summed E-state index contributed by atoms with van der Waals surface area (Å²) in [5, 5.41) is 15.4. The highest BCUT2D eigenvalue weighted by atomic mass is 16.5. The Bertz CT molecular complexity index is 997. The molecule has 0 aliphatic heterocycles. The molecule has 0 aliphatic carbocycles. The van der Waals surface area contributed by atoms with E-state index >= 15 is 0 Å². The van der Waals surface area contributed by atoms with Crippen LogP contribution in [0.3, 0.4) is 0 Å². The quantitative estimate of drug-likeness (QED) is 0.435. The van der Waals surface area contributed by atoms with Crippen molar-refractivity contribution in [1.82, 2.24) is 14.7 Å².